The summed E-state index contributed by atoms with van der Waals surface area (Å²) in [6, 6.07) is 9.50. The molecule has 25 heavy (non-hydrogen) atoms. The van der Waals surface area contributed by atoms with Crippen molar-refractivity contribution in [3.63, 3.8) is 0 Å². The standard InChI is InChI=1S/C18H18N2O5/c21-17(16-10-12(18(22)23)7-8-19-16)20-13-3-5-14(6-4-13)25-11-15-2-1-9-24-15/h3-8,10,15H,1-2,9,11H2,(H,20,21)(H,22,23). The molecule has 2 aromatic rings. The van der Waals surface area contributed by atoms with Crippen molar-refractivity contribution in [1.82, 2.24) is 4.98 Å². The van der Waals surface area contributed by atoms with Gasteiger partial charge in [0.25, 0.3) is 5.91 Å². The Morgan fingerprint density at radius 3 is 2.76 bits per heavy atom. The Hall–Kier alpha value is -2.93. The Labute approximate surface area is 144 Å². The molecular weight excluding hydrogens is 324 g/mol. The summed E-state index contributed by atoms with van der Waals surface area (Å²) >= 11 is 0. The molecule has 0 bridgehead atoms. The van der Waals surface area contributed by atoms with Crippen molar-refractivity contribution >= 4 is 17.6 Å². The first-order valence-corrected chi connectivity index (χ1v) is 7.97. The Morgan fingerprint density at radius 1 is 1.28 bits per heavy atom. The summed E-state index contributed by atoms with van der Waals surface area (Å²) in [6.45, 7) is 1.30. The lowest BCUT2D eigenvalue weighted by atomic mass is 10.2. The fourth-order valence-corrected chi connectivity index (χ4v) is 2.48. The zero-order valence-corrected chi connectivity index (χ0v) is 13.5. The summed E-state index contributed by atoms with van der Waals surface area (Å²) < 4.78 is 11.2. The van der Waals surface area contributed by atoms with Crippen LogP contribution in [0.25, 0.3) is 0 Å². The highest BCUT2D eigenvalue weighted by atomic mass is 16.5. The molecule has 1 aliphatic rings. The third kappa shape index (κ3) is 4.54. The average Bonchev–Trinajstić information content (AvgIpc) is 3.15. The van der Waals surface area contributed by atoms with Crippen molar-refractivity contribution in [2.45, 2.75) is 18.9 Å². The fraction of sp³-hybridized carbons (Fsp3) is 0.278. The monoisotopic (exact) mass is 342 g/mol. The lowest BCUT2D eigenvalue weighted by Gasteiger charge is -2.12. The molecule has 1 atom stereocenters. The van der Waals surface area contributed by atoms with E-state index in [-0.39, 0.29) is 17.4 Å². The van der Waals surface area contributed by atoms with Gasteiger partial charge in [-0.3, -0.25) is 9.78 Å². The fourth-order valence-electron chi connectivity index (χ4n) is 2.48. The van der Waals surface area contributed by atoms with E-state index in [0.717, 1.165) is 19.4 Å². The number of amides is 1. The molecular formula is C18H18N2O5. The molecule has 1 unspecified atom stereocenters. The molecule has 0 saturated carbocycles. The van der Waals surface area contributed by atoms with Gasteiger partial charge in [0, 0.05) is 18.5 Å². The van der Waals surface area contributed by atoms with Crippen molar-refractivity contribution in [3.8, 4) is 5.75 Å². The van der Waals surface area contributed by atoms with E-state index in [1.807, 2.05) is 0 Å². The predicted octanol–water partition coefficient (Wildman–Crippen LogP) is 2.59. The van der Waals surface area contributed by atoms with Crippen molar-refractivity contribution in [2.24, 2.45) is 0 Å². The number of anilines is 1. The number of aromatic nitrogens is 1. The number of nitrogens with zero attached hydrogens (tertiary/aromatic N) is 1. The summed E-state index contributed by atoms with van der Waals surface area (Å²) in [5, 5.41) is 11.6. The lowest BCUT2D eigenvalue weighted by molar-refractivity contribution is 0.0679. The van der Waals surface area contributed by atoms with Gasteiger partial charge in [-0.15, -0.1) is 0 Å². The Balaban J connectivity index is 1.58. The summed E-state index contributed by atoms with van der Waals surface area (Å²) in [5.41, 5.74) is 0.619. The third-order valence-corrected chi connectivity index (χ3v) is 3.81. The second-order valence-electron chi connectivity index (χ2n) is 5.66. The number of pyridine rings is 1. The number of rotatable bonds is 6. The average molecular weight is 342 g/mol. The number of aromatic carboxylic acids is 1. The quantitative estimate of drug-likeness (QED) is 0.837. The lowest BCUT2D eigenvalue weighted by Crippen LogP contribution is -2.16. The molecule has 1 aromatic heterocycles. The van der Waals surface area contributed by atoms with Gasteiger partial charge in [-0.25, -0.2) is 4.79 Å². The number of ether oxygens (including phenoxy) is 2. The molecule has 0 radical (unpaired) electrons. The number of carboxylic acids is 1. The van der Waals surface area contributed by atoms with Gasteiger partial charge >= 0.3 is 5.97 Å². The molecule has 7 nitrogen and oxygen atoms in total. The minimum absolute atomic E-state index is 0.0121. The van der Waals surface area contributed by atoms with Crippen LogP contribution in [0.4, 0.5) is 5.69 Å². The van der Waals surface area contributed by atoms with Crippen LogP contribution in [0.3, 0.4) is 0 Å². The topological polar surface area (TPSA) is 97.8 Å². The molecule has 0 spiro atoms. The summed E-state index contributed by atoms with van der Waals surface area (Å²) in [6.07, 6.45) is 3.51. The minimum atomic E-state index is -1.11. The minimum Gasteiger partial charge on any atom is -0.491 e. The summed E-state index contributed by atoms with van der Waals surface area (Å²) in [5.74, 6) is -0.889. The van der Waals surface area contributed by atoms with Gasteiger partial charge in [0.05, 0.1) is 11.7 Å². The van der Waals surface area contributed by atoms with E-state index >= 15 is 0 Å². The number of hydrogen-bond acceptors (Lipinski definition) is 5. The zero-order chi connectivity index (χ0) is 17.6. The van der Waals surface area contributed by atoms with Crippen molar-refractivity contribution in [2.75, 3.05) is 18.5 Å². The van der Waals surface area contributed by atoms with Gasteiger partial charge in [0.15, 0.2) is 0 Å². The van der Waals surface area contributed by atoms with Crippen molar-refractivity contribution < 1.29 is 24.2 Å². The number of carbonyl (C=O) groups is 2. The summed E-state index contributed by atoms with van der Waals surface area (Å²) in [7, 11) is 0. The first kappa shape index (κ1) is 16.9. The number of nitrogens with one attached hydrogen (secondary N) is 1. The zero-order valence-electron chi connectivity index (χ0n) is 13.5. The molecule has 3 rings (SSSR count). The molecule has 7 heteroatoms. The predicted molar refractivity (Wildman–Crippen MR) is 90.1 cm³/mol. The Kier molecular flexibility index (Phi) is 5.25. The molecule has 1 fully saturated rings. The van der Waals surface area contributed by atoms with Crippen LogP contribution in [-0.2, 0) is 4.74 Å². The second-order valence-corrected chi connectivity index (χ2v) is 5.66. The number of carboxylic acid groups (broad SMARTS) is 1. The van der Waals surface area contributed by atoms with Gasteiger partial charge in [-0.1, -0.05) is 0 Å². The smallest absolute Gasteiger partial charge is 0.335 e. The van der Waals surface area contributed by atoms with E-state index in [9.17, 15) is 9.59 Å². The van der Waals surface area contributed by atoms with Crippen LogP contribution in [0.1, 0.15) is 33.7 Å². The highest BCUT2D eigenvalue weighted by molar-refractivity contribution is 6.04. The maximum atomic E-state index is 12.2. The largest absolute Gasteiger partial charge is 0.491 e. The number of carbonyl (C=O) groups excluding carboxylic acids is 1. The van der Waals surface area contributed by atoms with Crippen LogP contribution in [0.2, 0.25) is 0 Å². The van der Waals surface area contributed by atoms with Gasteiger partial charge in [0.2, 0.25) is 0 Å². The van der Waals surface area contributed by atoms with Crippen molar-refractivity contribution in [1.29, 1.82) is 0 Å². The van der Waals surface area contributed by atoms with Crippen LogP contribution in [-0.4, -0.2) is 41.3 Å². The Morgan fingerprint density at radius 2 is 2.08 bits per heavy atom. The van der Waals surface area contributed by atoms with E-state index in [0.29, 0.717) is 18.0 Å². The van der Waals surface area contributed by atoms with Gasteiger partial charge in [-0.2, -0.15) is 0 Å². The van der Waals surface area contributed by atoms with E-state index < -0.39 is 11.9 Å². The molecule has 2 heterocycles. The molecule has 130 valence electrons. The van der Waals surface area contributed by atoms with Gasteiger partial charge in [0.1, 0.15) is 18.1 Å². The third-order valence-electron chi connectivity index (χ3n) is 3.81. The molecule has 1 amide bonds. The number of hydrogen-bond donors (Lipinski definition) is 2. The highest BCUT2D eigenvalue weighted by Crippen LogP contribution is 2.19. The van der Waals surface area contributed by atoms with E-state index in [1.165, 1.54) is 18.3 Å². The molecule has 2 N–H and O–H groups in total. The van der Waals surface area contributed by atoms with Crippen LogP contribution >= 0.6 is 0 Å². The maximum absolute atomic E-state index is 12.2. The van der Waals surface area contributed by atoms with Gasteiger partial charge < -0.3 is 19.9 Å². The van der Waals surface area contributed by atoms with Crippen LogP contribution < -0.4 is 10.1 Å². The van der Waals surface area contributed by atoms with E-state index in [4.69, 9.17) is 14.6 Å². The second kappa shape index (κ2) is 7.76. The number of benzene rings is 1. The Bertz CT molecular complexity index is 754. The van der Waals surface area contributed by atoms with Crippen LogP contribution in [0, 0.1) is 0 Å². The maximum Gasteiger partial charge on any atom is 0.335 e. The first-order chi connectivity index (χ1) is 12.1. The van der Waals surface area contributed by atoms with E-state index in [2.05, 4.69) is 10.3 Å². The highest BCUT2D eigenvalue weighted by Gasteiger charge is 2.16. The van der Waals surface area contributed by atoms with Crippen LogP contribution in [0.5, 0.6) is 5.75 Å². The molecule has 0 aliphatic carbocycles. The molecule has 1 aliphatic heterocycles. The first-order valence-electron chi connectivity index (χ1n) is 7.97. The summed E-state index contributed by atoms with van der Waals surface area (Å²) in [4.78, 5) is 27.0. The SMILES string of the molecule is O=C(O)c1ccnc(C(=O)Nc2ccc(OCC3CCCO3)cc2)c1. The van der Waals surface area contributed by atoms with E-state index in [1.54, 1.807) is 24.3 Å². The van der Waals surface area contributed by atoms with Crippen molar-refractivity contribution in [3.05, 3.63) is 53.9 Å². The normalized spacial score (nSPS) is 16.4. The van der Waals surface area contributed by atoms with Gasteiger partial charge in [-0.05, 0) is 49.2 Å². The molecule has 1 saturated heterocycles. The molecule has 1 aromatic carbocycles. The van der Waals surface area contributed by atoms with Crippen LogP contribution in [0.15, 0.2) is 42.6 Å².